The molecule has 0 aliphatic heterocycles. The molecule has 29 heavy (non-hydrogen) atoms. The fraction of sp³-hybridized carbons (Fsp3) is 0.474. The molecule has 0 aliphatic carbocycles. The third kappa shape index (κ3) is 6.87. The molecule has 160 valence electrons. The minimum atomic E-state index is -0.386. The molecule has 2 aromatic rings. The van der Waals surface area contributed by atoms with E-state index in [0.29, 0.717) is 31.2 Å². The van der Waals surface area contributed by atoms with Gasteiger partial charge in [0.1, 0.15) is 5.69 Å². The molecule has 0 fully saturated rings. The van der Waals surface area contributed by atoms with Crippen LogP contribution < -0.4 is 10.6 Å². The van der Waals surface area contributed by atoms with Gasteiger partial charge in [0, 0.05) is 58.6 Å². The third-order valence-electron chi connectivity index (χ3n) is 4.29. The summed E-state index contributed by atoms with van der Waals surface area (Å²) in [6, 6.07) is 6.62. The summed E-state index contributed by atoms with van der Waals surface area (Å²) in [7, 11) is 5.64. The average Bonchev–Trinajstić information content (AvgIpc) is 3.02. The number of aromatic nitrogens is 2. The van der Waals surface area contributed by atoms with Gasteiger partial charge in [-0.05, 0) is 12.0 Å². The maximum Gasteiger partial charge on any atom is 0.292 e. The highest BCUT2D eigenvalue weighted by molar-refractivity contribution is 14.0. The highest BCUT2D eigenvalue weighted by Gasteiger charge is 2.15. The van der Waals surface area contributed by atoms with E-state index >= 15 is 0 Å². The number of hydrogen-bond acceptors (Lipinski definition) is 5. The van der Waals surface area contributed by atoms with Crippen molar-refractivity contribution in [2.75, 3.05) is 32.5 Å². The van der Waals surface area contributed by atoms with Crippen LogP contribution in [0.4, 0.5) is 11.4 Å². The lowest BCUT2D eigenvalue weighted by molar-refractivity contribution is -0.384. The van der Waals surface area contributed by atoms with Gasteiger partial charge in [0.25, 0.3) is 5.69 Å². The Morgan fingerprint density at radius 1 is 1.34 bits per heavy atom. The number of hydrogen-bond donors (Lipinski definition) is 2. The summed E-state index contributed by atoms with van der Waals surface area (Å²) in [5, 5.41) is 22.0. The second-order valence-electron chi connectivity index (χ2n) is 6.90. The second-order valence-corrected chi connectivity index (χ2v) is 6.90. The van der Waals surface area contributed by atoms with E-state index < -0.39 is 0 Å². The van der Waals surface area contributed by atoms with Gasteiger partial charge < -0.3 is 15.5 Å². The number of nitro benzene ring substituents is 1. The molecule has 1 aromatic heterocycles. The van der Waals surface area contributed by atoms with E-state index in [9.17, 15) is 10.1 Å². The fourth-order valence-electron chi connectivity index (χ4n) is 3.03. The first-order valence-electron chi connectivity index (χ1n) is 9.25. The average molecular weight is 515 g/mol. The fourth-order valence-corrected chi connectivity index (χ4v) is 3.03. The predicted octanol–water partition coefficient (Wildman–Crippen LogP) is 3.19. The number of nitro groups is 1. The van der Waals surface area contributed by atoms with Crippen molar-refractivity contribution in [3.63, 3.8) is 0 Å². The zero-order chi connectivity index (χ0) is 20.7. The summed E-state index contributed by atoms with van der Waals surface area (Å²) in [6.07, 6.45) is 2.04. The summed E-state index contributed by atoms with van der Waals surface area (Å²) in [5.41, 5.74) is 2.83. The lowest BCUT2D eigenvalue weighted by atomic mass is 10.1. The largest absolute Gasteiger partial charge is 0.378 e. The van der Waals surface area contributed by atoms with Crippen molar-refractivity contribution in [3.05, 3.63) is 51.8 Å². The molecule has 0 amide bonds. The Labute approximate surface area is 188 Å². The molecule has 0 aliphatic rings. The van der Waals surface area contributed by atoms with Gasteiger partial charge in [0.2, 0.25) is 0 Å². The van der Waals surface area contributed by atoms with Crippen LogP contribution in [0.3, 0.4) is 0 Å². The molecule has 0 spiro atoms. The van der Waals surface area contributed by atoms with Crippen LogP contribution in [0.5, 0.6) is 0 Å². The Bertz CT molecular complexity index is 836. The van der Waals surface area contributed by atoms with Crippen LogP contribution in [0.15, 0.2) is 35.5 Å². The maximum atomic E-state index is 11.1. The van der Waals surface area contributed by atoms with Gasteiger partial charge in [-0.15, -0.1) is 24.0 Å². The SMILES string of the molecule is CN=C(NCCNc1ccccc1[N+](=O)[O-])N(C)Cc1cn(C)nc1C(C)C.I. The molecule has 2 rings (SSSR count). The van der Waals surface area contributed by atoms with Gasteiger partial charge in [0.15, 0.2) is 5.96 Å². The van der Waals surface area contributed by atoms with E-state index in [4.69, 9.17) is 0 Å². The molecule has 2 N–H and O–H groups in total. The Morgan fingerprint density at radius 3 is 2.66 bits per heavy atom. The minimum Gasteiger partial charge on any atom is -0.378 e. The van der Waals surface area contributed by atoms with Crippen LogP contribution in [-0.4, -0.2) is 52.7 Å². The maximum absolute atomic E-state index is 11.1. The molecule has 10 heteroatoms. The van der Waals surface area contributed by atoms with Crippen LogP contribution in [0.1, 0.15) is 31.0 Å². The third-order valence-corrected chi connectivity index (χ3v) is 4.29. The molecule has 9 nitrogen and oxygen atoms in total. The van der Waals surface area contributed by atoms with Crippen molar-refractivity contribution in [2.24, 2.45) is 12.0 Å². The van der Waals surface area contributed by atoms with E-state index in [0.717, 1.165) is 11.7 Å². The quantitative estimate of drug-likeness (QED) is 0.140. The normalized spacial score (nSPS) is 11.2. The standard InChI is InChI=1S/C19H29N7O2.HI/c1-14(2)18-15(13-25(5)23-18)12-24(4)19(20-3)22-11-10-21-16-8-6-7-9-17(16)26(27)28;/h6-9,13-14,21H,10-12H2,1-5H3,(H,20,22);1H. The van der Waals surface area contributed by atoms with E-state index in [1.807, 2.05) is 29.9 Å². The number of nitrogens with one attached hydrogen (secondary N) is 2. The number of benzene rings is 1. The molecule has 0 atom stereocenters. The minimum absolute atomic E-state index is 0. The van der Waals surface area contributed by atoms with Crippen molar-refractivity contribution < 1.29 is 4.92 Å². The Balaban J connectivity index is 0.00000420. The summed E-state index contributed by atoms with van der Waals surface area (Å²) in [6.45, 7) is 6.06. The summed E-state index contributed by atoms with van der Waals surface area (Å²) in [5.74, 6) is 1.10. The smallest absolute Gasteiger partial charge is 0.292 e. The first-order valence-corrected chi connectivity index (χ1v) is 9.25. The Hall–Kier alpha value is -2.37. The first kappa shape index (κ1) is 24.7. The van der Waals surface area contributed by atoms with Gasteiger partial charge in [-0.1, -0.05) is 26.0 Å². The number of halogens is 1. The van der Waals surface area contributed by atoms with Crippen molar-refractivity contribution in [2.45, 2.75) is 26.3 Å². The Morgan fingerprint density at radius 2 is 2.03 bits per heavy atom. The molecule has 1 heterocycles. The molecule has 0 saturated heterocycles. The summed E-state index contributed by atoms with van der Waals surface area (Å²) < 4.78 is 1.84. The van der Waals surface area contributed by atoms with Crippen LogP contribution in [0, 0.1) is 10.1 Å². The van der Waals surface area contributed by atoms with Gasteiger partial charge in [-0.25, -0.2) is 0 Å². The monoisotopic (exact) mass is 515 g/mol. The van der Waals surface area contributed by atoms with Gasteiger partial charge in [-0.3, -0.25) is 19.8 Å². The van der Waals surface area contributed by atoms with Gasteiger partial charge >= 0.3 is 0 Å². The molecule has 0 bridgehead atoms. The molecular formula is C19H30IN7O2. The number of nitrogens with zero attached hydrogens (tertiary/aromatic N) is 5. The van der Waals surface area contributed by atoms with Crippen molar-refractivity contribution in [1.82, 2.24) is 20.0 Å². The van der Waals surface area contributed by atoms with E-state index in [1.165, 1.54) is 11.6 Å². The molecule has 0 radical (unpaired) electrons. The topological polar surface area (TPSA) is 101 Å². The molecule has 1 aromatic carbocycles. The van der Waals surface area contributed by atoms with Crippen LogP contribution in [-0.2, 0) is 13.6 Å². The molecular weight excluding hydrogens is 485 g/mol. The zero-order valence-corrected chi connectivity index (χ0v) is 19.9. The van der Waals surface area contributed by atoms with Gasteiger partial charge in [-0.2, -0.15) is 5.10 Å². The van der Waals surface area contributed by atoms with Crippen LogP contribution in [0.25, 0.3) is 0 Å². The summed E-state index contributed by atoms with van der Waals surface area (Å²) in [4.78, 5) is 17.0. The lowest BCUT2D eigenvalue weighted by Gasteiger charge is -2.22. The number of guanidine groups is 1. The van der Waals surface area contributed by atoms with Crippen LogP contribution in [0.2, 0.25) is 0 Å². The second kappa shape index (κ2) is 11.6. The van der Waals surface area contributed by atoms with Gasteiger partial charge in [0.05, 0.1) is 10.6 Å². The molecule has 0 saturated carbocycles. The van der Waals surface area contributed by atoms with Crippen molar-refractivity contribution in [1.29, 1.82) is 0 Å². The molecule has 0 unspecified atom stereocenters. The van der Waals surface area contributed by atoms with Crippen molar-refractivity contribution >= 4 is 41.3 Å². The zero-order valence-electron chi connectivity index (χ0n) is 17.5. The van der Waals surface area contributed by atoms with Crippen LogP contribution >= 0.6 is 24.0 Å². The van der Waals surface area contributed by atoms with Crippen molar-refractivity contribution in [3.8, 4) is 0 Å². The number of rotatable bonds is 8. The van der Waals surface area contributed by atoms with E-state index in [-0.39, 0.29) is 34.6 Å². The highest BCUT2D eigenvalue weighted by atomic mass is 127. The lowest BCUT2D eigenvalue weighted by Crippen LogP contribution is -2.40. The van der Waals surface area contributed by atoms with E-state index in [2.05, 4.69) is 34.6 Å². The number of anilines is 1. The highest BCUT2D eigenvalue weighted by Crippen LogP contribution is 2.22. The van der Waals surface area contributed by atoms with E-state index in [1.54, 1.807) is 25.2 Å². The summed E-state index contributed by atoms with van der Waals surface area (Å²) >= 11 is 0. The number of para-hydroxylation sites is 2. The number of aryl methyl sites for hydroxylation is 1. The first-order chi connectivity index (χ1) is 13.3. The predicted molar refractivity (Wildman–Crippen MR) is 127 cm³/mol. The Kier molecular flexibility index (Phi) is 9.86. The number of aliphatic imine (C=N–C) groups is 1.